The minimum atomic E-state index is -1.15. The Kier molecular flexibility index (Phi) is 3.25. The largest absolute Gasteiger partial charge is 0.372 e. The molecule has 110 valence electrons. The monoisotopic (exact) mass is 281 g/mol. The summed E-state index contributed by atoms with van der Waals surface area (Å²) in [5.74, 6) is -0.647. The van der Waals surface area contributed by atoms with E-state index in [2.05, 4.69) is 10.6 Å². The third kappa shape index (κ3) is 2.01. The van der Waals surface area contributed by atoms with Gasteiger partial charge < -0.3 is 15.7 Å². The molecule has 3 amide bonds. The molecule has 0 bridgehead atoms. The van der Waals surface area contributed by atoms with Crippen molar-refractivity contribution in [3.8, 4) is 0 Å². The highest BCUT2D eigenvalue weighted by Gasteiger charge is 2.54. The van der Waals surface area contributed by atoms with Crippen LogP contribution in [0.2, 0.25) is 0 Å². The first-order valence-electron chi connectivity index (χ1n) is 7.08. The second kappa shape index (κ2) is 4.82. The normalized spacial score (nSPS) is 33.6. The number of aliphatic hydroxyl groups is 1. The van der Waals surface area contributed by atoms with E-state index in [1.807, 2.05) is 0 Å². The van der Waals surface area contributed by atoms with Gasteiger partial charge in [-0.15, -0.1) is 0 Å². The summed E-state index contributed by atoms with van der Waals surface area (Å²) in [5, 5.41) is 15.5. The van der Waals surface area contributed by atoms with Crippen LogP contribution in [0.25, 0.3) is 0 Å². The Bertz CT molecular complexity index is 459. The molecule has 3 fully saturated rings. The molecule has 0 radical (unpaired) electrons. The number of likely N-dealkylation sites (tertiary alicyclic amines) is 1. The van der Waals surface area contributed by atoms with Crippen molar-refractivity contribution < 1.29 is 19.5 Å². The van der Waals surface area contributed by atoms with Gasteiger partial charge in [0.25, 0.3) is 0 Å². The summed E-state index contributed by atoms with van der Waals surface area (Å²) in [6.45, 7) is 1.47. The molecule has 2 unspecified atom stereocenters. The maximum Gasteiger partial charge on any atom is 0.236 e. The Hall–Kier alpha value is -1.47. The molecule has 7 nitrogen and oxygen atoms in total. The predicted octanol–water partition coefficient (Wildman–Crippen LogP) is -1.29. The molecule has 3 aliphatic rings. The number of carbonyl (C=O) groups excluding carboxylic acids is 3. The Morgan fingerprint density at radius 1 is 1.20 bits per heavy atom. The van der Waals surface area contributed by atoms with E-state index < -0.39 is 17.7 Å². The highest BCUT2D eigenvalue weighted by atomic mass is 16.3. The van der Waals surface area contributed by atoms with Crippen molar-refractivity contribution >= 4 is 17.7 Å². The lowest BCUT2D eigenvalue weighted by molar-refractivity contribution is -0.152. The summed E-state index contributed by atoms with van der Waals surface area (Å²) in [7, 11) is 0. The van der Waals surface area contributed by atoms with Crippen molar-refractivity contribution in [3.63, 3.8) is 0 Å². The first-order chi connectivity index (χ1) is 9.53. The van der Waals surface area contributed by atoms with Crippen LogP contribution in [-0.4, -0.2) is 53.1 Å². The van der Waals surface area contributed by atoms with Gasteiger partial charge in [0.15, 0.2) is 0 Å². The van der Waals surface area contributed by atoms with Crippen LogP contribution in [0.3, 0.4) is 0 Å². The van der Waals surface area contributed by atoms with Crippen LogP contribution >= 0.6 is 0 Å². The molecular weight excluding hydrogens is 262 g/mol. The van der Waals surface area contributed by atoms with E-state index in [0.29, 0.717) is 19.3 Å². The Labute approximate surface area is 116 Å². The van der Waals surface area contributed by atoms with Gasteiger partial charge >= 0.3 is 0 Å². The van der Waals surface area contributed by atoms with Crippen molar-refractivity contribution in [1.82, 2.24) is 15.5 Å². The highest BCUT2D eigenvalue weighted by Crippen LogP contribution is 2.42. The number of nitrogens with zero attached hydrogens (tertiary/aromatic N) is 1. The molecule has 0 saturated carbocycles. The molecule has 3 heterocycles. The molecule has 3 rings (SSSR count). The molecule has 0 aromatic rings. The molecule has 3 aliphatic heterocycles. The van der Waals surface area contributed by atoms with Crippen molar-refractivity contribution in [2.75, 3.05) is 13.1 Å². The van der Waals surface area contributed by atoms with Crippen molar-refractivity contribution in [3.05, 3.63) is 0 Å². The average Bonchev–Trinajstić information content (AvgIpc) is 2.63. The fourth-order valence-corrected chi connectivity index (χ4v) is 3.49. The molecule has 3 saturated heterocycles. The Morgan fingerprint density at radius 2 is 1.90 bits per heavy atom. The van der Waals surface area contributed by atoms with Gasteiger partial charge in [0.2, 0.25) is 17.7 Å². The minimum absolute atomic E-state index is 0.177. The summed E-state index contributed by atoms with van der Waals surface area (Å²) in [6, 6.07) is -0.623. The molecular formula is C13H19N3O4. The first kappa shape index (κ1) is 13.5. The van der Waals surface area contributed by atoms with Crippen molar-refractivity contribution in [2.45, 2.75) is 44.4 Å². The van der Waals surface area contributed by atoms with Gasteiger partial charge in [0, 0.05) is 12.8 Å². The van der Waals surface area contributed by atoms with Crippen LogP contribution < -0.4 is 10.6 Å². The van der Waals surface area contributed by atoms with E-state index in [1.165, 1.54) is 4.90 Å². The van der Waals surface area contributed by atoms with E-state index in [4.69, 9.17) is 0 Å². The average molecular weight is 281 g/mol. The number of hydrogen-bond acceptors (Lipinski definition) is 5. The summed E-state index contributed by atoms with van der Waals surface area (Å²) in [5.41, 5.74) is -0.594. The summed E-state index contributed by atoms with van der Waals surface area (Å²) in [4.78, 5) is 37.3. The second-order valence-electron chi connectivity index (χ2n) is 5.89. The lowest BCUT2D eigenvalue weighted by Gasteiger charge is -2.36. The van der Waals surface area contributed by atoms with E-state index in [1.54, 1.807) is 0 Å². The zero-order valence-corrected chi connectivity index (χ0v) is 11.2. The van der Waals surface area contributed by atoms with Gasteiger partial charge in [-0.25, -0.2) is 0 Å². The van der Waals surface area contributed by atoms with Gasteiger partial charge in [-0.3, -0.25) is 19.3 Å². The third-order valence-electron chi connectivity index (χ3n) is 4.66. The lowest BCUT2D eigenvalue weighted by atomic mass is 9.77. The molecule has 2 atom stereocenters. The quantitative estimate of drug-likeness (QED) is 0.520. The van der Waals surface area contributed by atoms with E-state index >= 15 is 0 Å². The number of nitrogens with one attached hydrogen (secondary N) is 2. The predicted molar refractivity (Wildman–Crippen MR) is 68.2 cm³/mol. The fraction of sp³-hybridized carbons (Fsp3) is 0.769. The summed E-state index contributed by atoms with van der Waals surface area (Å²) in [6.07, 6.45) is 0.949. The van der Waals surface area contributed by atoms with Gasteiger partial charge in [0.1, 0.15) is 6.23 Å². The number of hydrogen-bond donors (Lipinski definition) is 3. The molecule has 7 heteroatoms. The lowest BCUT2D eigenvalue weighted by Crippen LogP contribution is -2.58. The Balaban J connectivity index is 1.81. The number of aliphatic hydroxyl groups excluding tert-OH is 1. The molecule has 0 aliphatic carbocycles. The first-order valence-corrected chi connectivity index (χ1v) is 7.08. The smallest absolute Gasteiger partial charge is 0.236 e. The number of carbonyl (C=O) groups is 3. The van der Waals surface area contributed by atoms with Crippen LogP contribution in [-0.2, 0) is 14.4 Å². The van der Waals surface area contributed by atoms with Crippen LogP contribution in [0.1, 0.15) is 32.1 Å². The van der Waals surface area contributed by atoms with E-state index in [0.717, 1.165) is 13.1 Å². The zero-order chi connectivity index (χ0) is 14.3. The van der Waals surface area contributed by atoms with Crippen LogP contribution in [0, 0.1) is 5.41 Å². The topological polar surface area (TPSA) is 98.7 Å². The molecule has 0 aromatic heterocycles. The summed E-state index contributed by atoms with van der Waals surface area (Å²) < 4.78 is 0. The van der Waals surface area contributed by atoms with Crippen LogP contribution in [0.5, 0.6) is 0 Å². The molecule has 1 spiro atoms. The second-order valence-corrected chi connectivity index (χ2v) is 5.89. The molecule has 3 N–H and O–H groups in total. The number of imide groups is 1. The zero-order valence-electron chi connectivity index (χ0n) is 11.2. The number of rotatable bonds is 1. The number of amides is 3. The van der Waals surface area contributed by atoms with Crippen LogP contribution in [0.15, 0.2) is 0 Å². The minimum Gasteiger partial charge on any atom is -0.372 e. The third-order valence-corrected chi connectivity index (χ3v) is 4.66. The van der Waals surface area contributed by atoms with E-state index in [-0.39, 0.29) is 30.6 Å². The SMILES string of the molecule is O=C1CCC(N2C(=O)CC3(CCNCC3)C2=O)C(O)N1. The number of piperidine rings is 2. The maximum absolute atomic E-state index is 12.7. The highest BCUT2D eigenvalue weighted by molar-refractivity contribution is 6.06. The molecule has 20 heavy (non-hydrogen) atoms. The standard InChI is InChI=1S/C13H19N3O4/c17-9-2-1-8(11(19)15-9)16-10(18)7-13(12(16)20)3-5-14-6-4-13/h8,11,14,19H,1-7H2,(H,15,17). The summed E-state index contributed by atoms with van der Waals surface area (Å²) >= 11 is 0. The van der Waals surface area contributed by atoms with E-state index in [9.17, 15) is 19.5 Å². The Morgan fingerprint density at radius 3 is 2.55 bits per heavy atom. The van der Waals surface area contributed by atoms with Gasteiger partial charge in [-0.1, -0.05) is 0 Å². The van der Waals surface area contributed by atoms with Crippen molar-refractivity contribution in [2.24, 2.45) is 5.41 Å². The molecule has 0 aromatic carbocycles. The fourth-order valence-electron chi connectivity index (χ4n) is 3.49. The van der Waals surface area contributed by atoms with Gasteiger partial charge in [-0.2, -0.15) is 0 Å². The van der Waals surface area contributed by atoms with Gasteiger partial charge in [-0.05, 0) is 32.4 Å². The van der Waals surface area contributed by atoms with Crippen molar-refractivity contribution in [1.29, 1.82) is 0 Å². The maximum atomic E-state index is 12.7. The van der Waals surface area contributed by atoms with Crippen LogP contribution in [0.4, 0.5) is 0 Å². The van der Waals surface area contributed by atoms with Gasteiger partial charge in [0.05, 0.1) is 11.5 Å².